The normalized spacial score (nSPS) is 43.5. The first kappa shape index (κ1) is 24.1. The zero-order chi connectivity index (χ0) is 22.9. The van der Waals surface area contributed by atoms with Gasteiger partial charge in [-0.15, -0.1) is 0 Å². The van der Waals surface area contributed by atoms with Crippen LogP contribution >= 0.6 is 0 Å². The lowest BCUT2D eigenvalue weighted by atomic mass is 9.87. The molecule has 31 heavy (non-hydrogen) atoms. The van der Waals surface area contributed by atoms with Crippen molar-refractivity contribution in [1.29, 1.82) is 0 Å². The minimum Gasteiger partial charge on any atom is -0.394 e. The number of hydrogen-bond donors (Lipinski definition) is 8. The fourth-order valence-corrected chi connectivity index (χ4v) is 3.63. The molecule has 2 aliphatic rings. The monoisotopic (exact) mass is 446 g/mol. The SMILES string of the molecule is O=C(c1ccccc1)[C@@]1(O)O[C@H](CO)[C@@H](O[C@@H]2O[C@H](CO)[C@H](O)[C@H](O)[C@H]2O)[C@H](O)[C@H]1O. The van der Waals surface area contributed by atoms with Crippen molar-refractivity contribution in [3.8, 4) is 0 Å². The Morgan fingerprint density at radius 3 is 2.10 bits per heavy atom. The highest BCUT2D eigenvalue weighted by Gasteiger charge is 2.59. The first-order chi connectivity index (χ1) is 14.7. The maximum Gasteiger partial charge on any atom is 0.261 e. The van der Waals surface area contributed by atoms with Crippen LogP contribution in [0.3, 0.4) is 0 Å². The number of Topliss-reactive ketones (excluding diaryl/α,β-unsaturated/α-hetero) is 1. The van der Waals surface area contributed by atoms with E-state index in [9.17, 15) is 45.6 Å². The number of ether oxygens (including phenoxy) is 3. The number of benzene rings is 1. The summed E-state index contributed by atoms with van der Waals surface area (Å²) in [5, 5.41) is 80.5. The molecule has 2 fully saturated rings. The van der Waals surface area contributed by atoms with Gasteiger partial charge in [0, 0.05) is 5.56 Å². The Labute approximate surface area is 176 Å². The van der Waals surface area contributed by atoms with Crippen LogP contribution in [0.4, 0.5) is 0 Å². The van der Waals surface area contributed by atoms with Gasteiger partial charge in [-0.05, 0) is 0 Å². The molecule has 0 aliphatic carbocycles. The van der Waals surface area contributed by atoms with Crippen LogP contribution in [0, 0.1) is 0 Å². The molecule has 0 bridgehead atoms. The van der Waals surface area contributed by atoms with Crippen LogP contribution in [-0.4, -0.2) is 121 Å². The number of carbonyl (C=O) groups is 1. The molecule has 0 aromatic heterocycles. The Bertz CT molecular complexity index is 743. The molecule has 10 atom stereocenters. The summed E-state index contributed by atoms with van der Waals surface area (Å²) in [6.07, 6.45) is -15.7. The molecule has 0 amide bonds. The van der Waals surface area contributed by atoms with E-state index in [1.165, 1.54) is 24.3 Å². The van der Waals surface area contributed by atoms with Gasteiger partial charge in [0.2, 0.25) is 5.78 Å². The molecular formula is C19H26O12. The van der Waals surface area contributed by atoms with Gasteiger partial charge in [-0.2, -0.15) is 0 Å². The third-order valence-electron chi connectivity index (χ3n) is 5.44. The highest BCUT2D eigenvalue weighted by Crippen LogP contribution is 2.34. The number of ketones is 1. The van der Waals surface area contributed by atoms with Gasteiger partial charge in [0.05, 0.1) is 13.2 Å². The van der Waals surface area contributed by atoms with E-state index in [4.69, 9.17) is 14.2 Å². The van der Waals surface area contributed by atoms with Crippen LogP contribution in [0.2, 0.25) is 0 Å². The number of carbonyl (C=O) groups excluding carboxylic acids is 1. The molecule has 3 rings (SSSR count). The van der Waals surface area contributed by atoms with Crippen molar-refractivity contribution in [3.63, 3.8) is 0 Å². The van der Waals surface area contributed by atoms with Gasteiger partial charge in [-0.3, -0.25) is 4.79 Å². The molecule has 2 aliphatic heterocycles. The molecule has 174 valence electrons. The average molecular weight is 446 g/mol. The van der Waals surface area contributed by atoms with Gasteiger partial charge in [-0.25, -0.2) is 0 Å². The fraction of sp³-hybridized carbons (Fsp3) is 0.632. The summed E-state index contributed by atoms with van der Waals surface area (Å²) < 4.78 is 15.8. The number of aliphatic hydroxyl groups is 8. The predicted molar refractivity (Wildman–Crippen MR) is 98.3 cm³/mol. The lowest BCUT2D eigenvalue weighted by molar-refractivity contribution is -0.369. The first-order valence-corrected chi connectivity index (χ1v) is 9.58. The molecule has 12 nitrogen and oxygen atoms in total. The molecule has 0 spiro atoms. The summed E-state index contributed by atoms with van der Waals surface area (Å²) in [5.41, 5.74) is -0.0266. The van der Waals surface area contributed by atoms with Crippen molar-refractivity contribution in [2.24, 2.45) is 0 Å². The van der Waals surface area contributed by atoms with Crippen molar-refractivity contribution in [2.75, 3.05) is 13.2 Å². The smallest absolute Gasteiger partial charge is 0.261 e. The van der Waals surface area contributed by atoms with E-state index >= 15 is 0 Å². The largest absolute Gasteiger partial charge is 0.394 e. The van der Waals surface area contributed by atoms with Crippen LogP contribution < -0.4 is 0 Å². The topological polar surface area (TPSA) is 207 Å². The second kappa shape index (κ2) is 9.52. The van der Waals surface area contributed by atoms with Crippen molar-refractivity contribution in [3.05, 3.63) is 35.9 Å². The summed E-state index contributed by atoms with van der Waals surface area (Å²) in [7, 11) is 0. The summed E-state index contributed by atoms with van der Waals surface area (Å²) in [6, 6.07) is 7.35. The van der Waals surface area contributed by atoms with Crippen LogP contribution in [-0.2, 0) is 14.2 Å². The fourth-order valence-electron chi connectivity index (χ4n) is 3.63. The Hall–Kier alpha value is -1.55. The highest BCUT2D eigenvalue weighted by atomic mass is 16.7. The molecule has 1 aromatic rings. The Morgan fingerprint density at radius 1 is 0.903 bits per heavy atom. The Morgan fingerprint density at radius 2 is 1.52 bits per heavy atom. The summed E-state index contributed by atoms with van der Waals surface area (Å²) in [6.45, 7) is -1.61. The predicted octanol–water partition coefficient (Wildman–Crippen LogP) is -4.14. The molecule has 1 aromatic carbocycles. The van der Waals surface area contributed by atoms with Gasteiger partial charge in [0.25, 0.3) is 5.79 Å². The van der Waals surface area contributed by atoms with Crippen LogP contribution in [0.25, 0.3) is 0 Å². The van der Waals surface area contributed by atoms with Crippen molar-refractivity contribution >= 4 is 5.78 Å². The standard InChI is InChI=1S/C19H26O12/c20-6-9-11(22)12(23)13(24)18(29-9)30-15-10(7-21)31-19(28,17(27)14(15)25)16(26)8-4-2-1-3-5-8/h1-5,9-15,17-18,20-25,27-28H,6-7H2/t9-,10-,11+,12+,13-,14+,15-,17-,18+,19-/m1/s1. The number of aliphatic hydroxyl groups excluding tert-OH is 7. The second-order valence-corrected chi connectivity index (χ2v) is 7.46. The lowest BCUT2D eigenvalue weighted by Gasteiger charge is -2.48. The van der Waals surface area contributed by atoms with Crippen LogP contribution in [0.5, 0.6) is 0 Å². The summed E-state index contributed by atoms with van der Waals surface area (Å²) in [4.78, 5) is 12.7. The first-order valence-electron chi connectivity index (χ1n) is 9.58. The Kier molecular flexibility index (Phi) is 7.40. The molecular weight excluding hydrogens is 420 g/mol. The molecule has 0 saturated carbocycles. The molecule has 0 unspecified atom stereocenters. The molecule has 2 heterocycles. The summed E-state index contributed by atoms with van der Waals surface area (Å²) in [5.74, 6) is -3.98. The molecule has 2 saturated heterocycles. The average Bonchev–Trinajstić information content (AvgIpc) is 2.79. The Balaban J connectivity index is 1.82. The molecule has 8 N–H and O–H groups in total. The third-order valence-corrected chi connectivity index (χ3v) is 5.44. The maximum atomic E-state index is 12.7. The third kappa shape index (κ3) is 4.37. The molecule has 12 heteroatoms. The number of rotatable bonds is 6. The van der Waals surface area contributed by atoms with E-state index in [1.807, 2.05) is 0 Å². The minimum absolute atomic E-state index is 0.0266. The number of hydrogen-bond acceptors (Lipinski definition) is 12. The van der Waals surface area contributed by atoms with Gasteiger partial charge < -0.3 is 55.1 Å². The van der Waals surface area contributed by atoms with E-state index in [2.05, 4.69) is 0 Å². The zero-order valence-electron chi connectivity index (χ0n) is 16.2. The van der Waals surface area contributed by atoms with Gasteiger partial charge >= 0.3 is 0 Å². The van der Waals surface area contributed by atoms with E-state index < -0.39 is 79.9 Å². The van der Waals surface area contributed by atoms with Crippen molar-refractivity contribution in [1.82, 2.24) is 0 Å². The second-order valence-electron chi connectivity index (χ2n) is 7.46. The minimum atomic E-state index is -2.91. The lowest BCUT2D eigenvalue weighted by Crippen LogP contribution is -2.70. The van der Waals surface area contributed by atoms with Crippen LogP contribution in [0.15, 0.2) is 30.3 Å². The summed E-state index contributed by atoms with van der Waals surface area (Å²) >= 11 is 0. The van der Waals surface area contributed by atoms with E-state index in [-0.39, 0.29) is 5.56 Å². The zero-order valence-corrected chi connectivity index (χ0v) is 16.2. The van der Waals surface area contributed by atoms with E-state index in [0.717, 1.165) is 0 Å². The maximum absolute atomic E-state index is 12.7. The molecule has 0 radical (unpaired) electrons. The van der Waals surface area contributed by atoms with Gasteiger partial charge in [-0.1, -0.05) is 30.3 Å². The van der Waals surface area contributed by atoms with Gasteiger partial charge in [0.1, 0.15) is 48.8 Å². The van der Waals surface area contributed by atoms with Crippen molar-refractivity contribution in [2.45, 2.75) is 60.9 Å². The van der Waals surface area contributed by atoms with E-state index in [1.54, 1.807) is 6.07 Å². The van der Waals surface area contributed by atoms with Gasteiger partial charge in [0.15, 0.2) is 6.29 Å². The quantitative estimate of drug-likeness (QED) is 0.196. The highest BCUT2D eigenvalue weighted by molar-refractivity contribution is 6.01. The van der Waals surface area contributed by atoms with Crippen molar-refractivity contribution < 1.29 is 59.9 Å². The van der Waals surface area contributed by atoms with E-state index in [0.29, 0.717) is 0 Å². The van der Waals surface area contributed by atoms with Crippen LogP contribution in [0.1, 0.15) is 10.4 Å².